The molecule has 0 aliphatic carbocycles. The van der Waals surface area contributed by atoms with Gasteiger partial charge in [-0.1, -0.05) is 13.3 Å². The highest BCUT2D eigenvalue weighted by Crippen LogP contribution is 2.25. The Morgan fingerprint density at radius 3 is 2.86 bits per heavy atom. The monoisotopic (exact) mass is 401 g/mol. The Morgan fingerprint density at radius 1 is 1.34 bits per heavy atom. The Bertz CT molecular complexity index is 862. The van der Waals surface area contributed by atoms with E-state index in [-0.39, 0.29) is 17.8 Å². The van der Waals surface area contributed by atoms with Gasteiger partial charge in [-0.3, -0.25) is 4.79 Å². The van der Waals surface area contributed by atoms with Gasteiger partial charge in [-0.15, -0.1) is 10.2 Å². The molecule has 1 aliphatic heterocycles. The van der Waals surface area contributed by atoms with Crippen molar-refractivity contribution < 1.29 is 14.3 Å². The van der Waals surface area contributed by atoms with Crippen LogP contribution < -0.4 is 26.8 Å². The molecular weight excluding hydrogens is 374 g/mol. The quantitative estimate of drug-likeness (QED) is 0.511. The van der Waals surface area contributed by atoms with Crippen LogP contribution in [0.3, 0.4) is 0 Å². The number of rotatable bonds is 8. The van der Waals surface area contributed by atoms with Crippen molar-refractivity contribution in [3.63, 3.8) is 0 Å². The van der Waals surface area contributed by atoms with E-state index in [9.17, 15) is 4.79 Å². The van der Waals surface area contributed by atoms with Crippen molar-refractivity contribution in [1.82, 2.24) is 15.2 Å². The molecule has 1 saturated heterocycles. The molecule has 29 heavy (non-hydrogen) atoms. The number of anilines is 3. The van der Waals surface area contributed by atoms with Gasteiger partial charge in [-0.05, 0) is 25.0 Å². The molecule has 1 fully saturated rings. The second kappa shape index (κ2) is 9.48. The van der Waals surface area contributed by atoms with Gasteiger partial charge in [0.05, 0.1) is 25.1 Å². The minimum absolute atomic E-state index is 0.000552. The van der Waals surface area contributed by atoms with E-state index in [1.807, 2.05) is 6.07 Å². The van der Waals surface area contributed by atoms with E-state index in [0.29, 0.717) is 30.5 Å². The predicted octanol–water partition coefficient (Wildman–Crippen LogP) is 1.20. The Kier molecular flexibility index (Phi) is 6.78. The van der Waals surface area contributed by atoms with Crippen LogP contribution in [0.2, 0.25) is 0 Å². The fraction of sp³-hybridized carbons (Fsp3) is 0.474. The van der Waals surface area contributed by atoms with Crippen molar-refractivity contribution in [3.05, 3.63) is 29.6 Å². The van der Waals surface area contributed by atoms with E-state index in [0.717, 1.165) is 30.7 Å². The summed E-state index contributed by atoms with van der Waals surface area (Å²) in [6.45, 7) is 3.17. The van der Waals surface area contributed by atoms with Gasteiger partial charge in [0.1, 0.15) is 11.6 Å². The van der Waals surface area contributed by atoms with Crippen LogP contribution in [0.25, 0.3) is 0 Å². The zero-order valence-corrected chi connectivity index (χ0v) is 16.6. The zero-order valence-electron chi connectivity index (χ0n) is 16.6. The number of pyridine rings is 1. The molecule has 0 spiro atoms. The first kappa shape index (κ1) is 20.7. The largest absolute Gasteiger partial charge is 0.495 e. The Balaban J connectivity index is 1.86. The van der Waals surface area contributed by atoms with Gasteiger partial charge in [0.15, 0.2) is 11.5 Å². The number of hydrogen-bond donors (Lipinski definition) is 4. The van der Waals surface area contributed by atoms with Crippen molar-refractivity contribution in [3.8, 4) is 5.75 Å². The van der Waals surface area contributed by atoms with Crippen LogP contribution in [0.15, 0.2) is 18.2 Å². The molecule has 0 saturated carbocycles. The number of methoxy groups -OCH3 is 1. The highest BCUT2D eigenvalue weighted by atomic mass is 16.5. The molecule has 0 bridgehead atoms. The summed E-state index contributed by atoms with van der Waals surface area (Å²) in [7, 11) is 1.61. The molecule has 0 aromatic carbocycles. The Labute approximate surface area is 169 Å². The Hall–Kier alpha value is -2.98. The van der Waals surface area contributed by atoms with Gasteiger partial charge in [-0.2, -0.15) is 0 Å². The molecule has 1 unspecified atom stereocenters. The number of nitrogens with one attached hydrogen (secondary N) is 2. The van der Waals surface area contributed by atoms with Gasteiger partial charge >= 0.3 is 0 Å². The van der Waals surface area contributed by atoms with E-state index in [2.05, 4.69) is 32.7 Å². The number of carbonyl (C=O) groups excluding carboxylic acids is 1. The topological polar surface area (TPSA) is 150 Å². The molecule has 156 valence electrons. The van der Waals surface area contributed by atoms with Crippen LogP contribution in [0.4, 0.5) is 17.3 Å². The SMILES string of the molecule is CCCc1nc(Nc2cc(N[C@@H]3CCOCC3N)nnc2C(N)=O)ccc1OC. The number of aromatic nitrogens is 3. The highest BCUT2D eigenvalue weighted by molar-refractivity contribution is 5.97. The number of carbonyl (C=O) groups is 1. The standard InChI is InChI=1S/C19H27N7O3/c1-3-4-13-15(28-2)5-6-16(23-13)24-14-9-17(25-26-18(14)19(21)27)22-12-7-8-29-10-11(12)20/h5-6,9,11-12H,3-4,7-8,10,20H2,1-2H3,(H2,21,27)(H2,22,23,24,25)/t11?,12-/m1/s1. The van der Waals surface area contributed by atoms with Crippen molar-refractivity contribution in [2.45, 2.75) is 38.3 Å². The molecule has 10 heteroatoms. The van der Waals surface area contributed by atoms with Crippen LogP contribution >= 0.6 is 0 Å². The molecule has 2 aromatic heterocycles. The number of amides is 1. The lowest BCUT2D eigenvalue weighted by atomic mass is 10.0. The fourth-order valence-electron chi connectivity index (χ4n) is 3.17. The predicted molar refractivity (Wildman–Crippen MR) is 109 cm³/mol. The molecular formula is C19H27N7O3. The first-order valence-electron chi connectivity index (χ1n) is 9.60. The molecule has 1 aliphatic rings. The normalized spacial score (nSPS) is 18.9. The van der Waals surface area contributed by atoms with E-state index in [1.165, 1.54) is 0 Å². The summed E-state index contributed by atoms with van der Waals surface area (Å²) in [4.78, 5) is 16.4. The first-order chi connectivity index (χ1) is 14.0. The third kappa shape index (κ3) is 5.09. The summed E-state index contributed by atoms with van der Waals surface area (Å²) in [5.74, 6) is 1.08. The second-order valence-corrected chi connectivity index (χ2v) is 6.85. The van der Waals surface area contributed by atoms with E-state index >= 15 is 0 Å². The van der Waals surface area contributed by atoms with E-state index in [4.69, 9.17) is 20.9 Å². The van der Waals surface area contributed by atoms with Gasteiger partial charge < -0.3 is 31.6 Å². The average molecular weight is 401 g/mol. The summed E-state index contributed by atoms with van der Waals surface area (Å²) in [5.41, 5.74) is 12.8. The van der Waals surface area contributed by atoms with Crippen LogP contribution in [-0.2, 0) is 11.2 Å². The van der Waals surface area contributed by atoms with Crippen molar-refractivity contribution in [2.75, 3.05) is 31.0 Å². The molecule has 0 radical (unpaired) electrons. The van der Waals surface area contributed by atoms with Crippen molar-refractivity contribution in [1.29, 1.82) is 0 Å². The van der Waals surface area contributed by atoms with Crippen LogP contribution in [0.1, 0.15) is 35.9 Å². The fourth-order valence-corrected chi connectivity index (χ4v) is 3.17. The maximum atomic E-state index is 11.8. The lowest BCUT2D eigenvalue weighted by Gasteiger charge is -2.29. The van der Waals surface area contributed by atoms with E-state index in [1.54, 1.807) is 19.2 Å². The zero-order chi connectivity index (χ0) is 20.8. The van der Waals surface area contributed by atoms with Crippen molar-refractivity contribution in [2.24, 2.45) is 11.5 Å². The van der Waals surface area contributed by atoms with Gasteiger partial charge in [0.25, 0.3) is 5.91 Å². The lowest BCUT2D eigenvalue weighted by molar-refractivity contribution is 0.0751. The lowest BCUT2D eigenvalue weighted by Crippen LogP contribution is -2.47. The summed E-state index contributed by atoms with van der Waals surface area (Å²) < 4.78 is 10.7. The summed E-state index contributed by atoms with van der Waals surface area (Å²) in [6, 6.07) is 5.13. The summed E-state index contributed by atoms with van der Waals surface area (Å²) in [6.07, 6.45) is 2.45. The van der Waals surface area contributed by atoms with E-state index < -0.39 is 5.91 Å². The maximum absolute atomic E-state index is 11.8. The molecule has 2 aromatic rings. The maximum Gasteiger partial charge on any atom is 0.271 e. The first-order valence-corrected chi connectivity index (χ1v) is 9.60. The van der Waals surface area contributed by atoms with Gasteiger partial charge in [-0.25, -0.2) is 4.98 Å². The third-order valence-electron chi connectivity index (χ3n) is 4.66. The number of primary amides is 1. The van der Waals surface area contributed by atoms with Crippen molar-refractivity contribution >= 4 is 23.2 Å². The molecule has 1 amide bonds. The number of ether oxygens (including phenoxy) is 2. The minimum atomic E-state index is -0.684. The van der Waals surface area contributed by atoms with Crippen LogP contribution in [0, 0.1) is 0 Å². The smallest absolute Gasteiger partial charge is 0.271 e. The molecule has 2 atom stereocenters. The molecule has 6 N–H and O–H groups in total. The second-order valence-electron chi connectivity index (χ2n) is 6.85. The van der Waals surface area contributed by atoms with Crippen LogP contribution in [-0.4, -0.2) is 53.5 Å². The third-order valence-corrected chi connectivity index (χ3v) is 4.66. The number of hydrogen-bond acceptors (Lipinski definition) is 9. The molecule has 3 heterocycles. The molecule has 10 nitrogen and oxygen atoms in total. The minimum Gasteiger partial charge on any atom is -0.495 e. The number of nitrogens with zero attached hydrogens (tertiary/aromatic N) is 3. The van der Waals surface area contributed by atoms with Gasteiger partial charge in [0.2, 0.25) is 0 Å². The van der Waals surface area contributed by atoms with Crippen LogP contribution in [0.5, 0.6) is 5.75 Å². The molecule has 3 rings (SSSR count). The Morgan fingerprint density at radius 2 is 2.17 bits per heavy atom. The number of aryl methyl sites for hydroxylation is 1. The summed E-state index contributed by atoms with van der Waals surface area (Å²) >= 11 is 0. The average Bonchev–Trinajstić information content (AvgIpc) is 2.70. The van der Waals surface area contributed by atoms with Gasteiger partial charge in [0, 0.05) is 24.8 Å². The highest BCUT2D eigenvalue weighted by Gasteiger charge is 2.23. The summed E-state index contributed by atoms with van der Waals surface area (Å²) in [5, 5.41) is 14.4. The number of nitrogens with two attached hydrogens (primary N) is 2.